The number of piperazine rings is 1. The number of carbonyl (C=O) groups is 1. The molecule has 3 heterocycles. The van der Waals surface area contributed by atoms with Crippen LogP contribution in [0.1, 0.15) is 38.3 Å². The van der Waals surface area contributed by atoms with Crippen molar-refractivity contribution in [1.29, 1.82) is 0 Å². The van der Waals surface area contributed by atoms with Crippen molar-refractivity contribution in [2.24, 2.45) is 7.05 Å². The number of amides is 1. The Morgan fingerprint density at radius 1 is 1.00 bits per heavy atom. The van der Waals surface area contributed by atoms with Gasteiger partial charge in [0.2, 0.25) is 0 Å². The van der Waals surface area contributed by atoms with E-state index in [2.05, 4.69) is 26.3 Å². The van der Waals surface area contributed by atoms with Gasteiger partial charge in [0.05, 0.1) is 23.1 Å². The zero-order valence-corrected chi connectivity index (χ0v) is 23.1. The lowest BCUT2D eigenvalue weighted by Crippen LogP contribution is -2.44. The Hall–Kier alpha value is -4.03. The Balaban J connectivity index is 1.43. The van der Waals surface area contributed by atoms with E-state index in [0.717, 1.165) is 47.4 Å². The first kappa shape index (κ1) is 27.5. The fraction of sp³-hybridized carbons (Fsp3) is 0.357. The van der Waals surface area contributed by atoms with Gasteiger partial charge in [-0.2, -0.15) is 18.3 Å². The van der Waals surface area contributed by atoms with Crippen LogP contribution < -0.4 is 26.2 Å². The van der Waals surface area contributed by atoms with Crippen LogP contribution in [0.3, 0.4) is 0 Å². The van der Waals surface area contributed by atoms with E-state index in [4.69, 9.17) is 0 Å². The van der Waals surface area contributed by atoms with Crippen molar-refractivity contribution in [3.63, 3.8) is 0 Å². The molecule has 0 aliphatic carbocycles. The number of halogens is 3. The van der Waals surface area contributed by atoms with Gasteiger partial charge in [0.15, 0.2) is 0 Å². The van der Waals surface area contributed by atoms with E-state index in [0.29, 0.717) is 29.9 Å². The summed E-state index contributed by atoms with van der Waals surface area (Å²) in [7, 11) is 3.86. The van der Waals surface area contributed by atoms with Gasteiger partial charge in [-0.15, -0.1) is 5.53 Å². The van der Waals surface area contributed by atoms with Gasteiger partial charge < -0.3 is 20.5 Å². The second kappa shape index (κ2) is 10.5. The van der Waals surface area contributed by atoms with E-state index < -0.39 is 17.6 Å². The molecule has 212 valence electrons. The molecule has 0 atom stereocenters. The van der Waals surface area contributed by atoms with Gasteiger partial charge in [-0.3, -0.25) is 14.5 Å². The number of aryl methyl sites for hydroxylation is 2. The SMILES string of the molecule is Cc1ccc(C(=O)Nc2cc(C(F)(F)F)cc(N3CCN(C)CC3)c2C)cc1N1C=C(c2cnn(C)c2C)NN1. The zero-order chi connectivity index (χ0) is 28.8. The Morgan fingerprint density at radius 3 is 2.38 bits per heavy atom. The summed E-state index contributed by atoms with van der Waals surface area (Å²) in [6.07, 6.45) is -0.909. The average Bonchev–Trinajstić information content (AvgIpc) is 3.52. The number of aromatic nitrogens is 2. The lowest BCUT2D eigenvalue weighted by atomic mass is 10.0. The molecule has 5 rings (SSSR count). The minimum Gasteiger partial charge on any atom is -0.369 e. The third-order valence-electron chi connectivity index (χ3n) is 7.63. The van der Waals surface area contributed by atoms with Crippen LogP contribution in [0, 0.1) is 20.8 Å². The number of carbonyl (C=O) groups excluding carboxylic acids is 1. The van der Waals surface area contributed by atoms with Gasteiger partial charge >= 0.3 is 6.18 Å². The predicted octanol–water partition coefficient (Wildman–Crippen LogP) is 4.20. The second-order valence-electron chi connectivity index (χ2n) is 10.3. The normalized spacial score (nSPS) is 16.2. The van der Waals surface area contributed by atoms with Crippen molar-refractivity contribution in [1.82, 2.24) is 25.6 Å². The van der Waals surface area contributed by atoms with Crippen LogP contribution in [-0.2, 0) is 13.2 Å². The lowest BCUT2D eigenvalue weighted by Gasteiger charge is -2.35. The molecule has 40 heavy (non-hydrogen) atoms. The quantitative estimate of drug-likeness (QED) is 0.436. The number of alkyl halides is 3. The number of hydrogen-bond donors (Lipinski definition) is 3. The molecule has 3 aromatic rings. The third-order valence-corrected chi connectivity index (χ3v) is 7.63. The predicted molar refractivity (Wildman–Crippen MR) is 150 cm³/mol. The van der Waals surface area contributed by atoms with Crippen molar-refractivity contribution in [3.8, 4) is 0 Å². The number of nitrogens with one attached hydrogen (secondary N) is 3. The molecule has 9 nitrogen and oxygen atoms in total. The molecular weight excluding hydrogens is 521 g/mol. The lowest BCUT2D eigenvalue weighted by molar-refractivity contribution is -0.137. The molecule has 0 radical (unpaired) electrons. The van der Waals surface area contributed by atoms with Crippen LogP contribution in [0.2, 0.25) is 0 Å². The summed E-state index contributed by atoms with van der Waals surface area (Å²) in [6, 6.07) is 7.37. The Bertz CT molecular complexity index is 1470. The molecular formula is C28H33F3N8O. The fourth-order valence-corrected chi connectivity index (χ4v) is 4.92. The highest BCUT2D eigenvalue weighted by molar-refractivity contribution is 6.06. The fourth-order valence-electron chi connectivity index (χ4n) is 4.92. The maximum Gasteiger partial charge on any atom is 0.416 e. The highest BCUT2D eigenvalue weighted by Crippen LogP contribution is 2.38. The summed E-state index contributed by atoms with van der Waals surface area (Å²) in [5.41, 5.74) is 11.3. The van der Waals surface area contributed by atoms with Gasteiger partial charge in [0.25, 0.3) is 5.91 Å². The average molecular weight is 555 g/mol. The molecule has 0 saturated carbocycles. The number of anilines is 3. The molecule has 2 aliphatic heterocycles. The number of hydrogen-bond acceptors (Lipinski definition) is 7. The van der Waals surface area contributed by atoms with E-state index in [-0.39, 0.29) is 5.69 Å². The van der Waals surface area contributed by atoms with Crippen LogP contribution in [0.25, 0.3) is 5.70 Å². The topological polar surface area (TPSA) is 80.7 Å². The van der Waals surface area contributed by atoms with Crippen molar-refractivity contribution in [2.45, 2.75) is 26.9 Å². The highest BCUT2D eigenvalue weighted by Gasteiger charge is 2.33. The van der Waals surface area contributed by atoms with Crippen molar-refractivity contribution >= 4 is 28.7 Å². The van der Waals surface area contributed by atoms with Gasteiger partial charge in [0.1, 0.15) is 0 Å². The largest absolute Gasteiger partial charge is 0.416 e. The Morgan fingerprint density at radius 2 is 1.73 bits per heavy atom. The number of benzene rings is 2. The number of nitrogens with zero attached hydrogens (tertiary/aromatic N) is 5. The number of rotatable bonds is 5. The molecule has 2 aliphatic rings. The highest BCUT2D eigenvalue weighted by atomic mass is 19.4. The molecule has 1 saturated heterocycles. The summed E-state index contributed by atoms with van der Waals surface area (Å²) in [4.78, 5) is 17.5. The zero-order valence-electron chi connectivity index (χ0n) is 23.1. The monoisotopic (exact) mass is 554 g/mol. The van der Waals surface area contributed by atoms with Crippen LogP contribution in [0.15, 0.2) is 42.7 Å². The molecule has 1 amide bonds. The smallest absolute Gasteiger partial charge is 0.369 e. The number of likely N-dealkylation sites (N-methyl/N-ethyl adjacent to an activating group) is 1. The van der Waals surface area contributed by atoms with Crippen molar-refractivity contribution in [3.05, 3.63) is 76.2 Å². The van der Waals surface area contributed by atoms with E-state index >= 15 is 0 Å². The van der Waals surface area contributed by atoms with E-state index in [1.165, 1.54) is 6.07 Å². The van der Waals surface area contributed by atoms with Crippen LogP contribution in [-0.4, -0.2) is 53.8 Å². The van der Waals surface area contributed by atoms with Crippen LogP contribution in [0.5, 0.6) is 0 Å². The molecule has 3 N–H and O–H groups in total. The summed E-state index contributed by atoms with van der Waals surface area (Å²) >= 11 is 0. The van der Waals surface area contributed by atoms with Gasteiger partial charge in [-0.25, -0.2) is 0 Å². The van der Waals surface area contributed by atoms with E-state index in [1.807, 2.05) is 45.1 Å². The third kappa shape index (κ3) is 5.36. The standard InChI is InChI=1S/C28H33F3N8O/c1-17-6-7-20(12-25(17)39-16-24(34-35-39)22-15-32-37(5)19(22)3)27(40)33-23-13-21(28(29,30)31)14-26(18(23)2)38-10-8-36(4)9-11-38/h6-7,12-16,34-35H,8-11H2,1-5H3,(H,33,40). The Kier molecular flexibility index (Phi) is 7.23. The molecule has 0 unspecified atom stereocenters. The minimum absolute atomic E-state index is 0.145. The first-order valence-corrected chi connectivity index (χ1v) is 13.0. The first-order valence-electron chi connectivity index (χ1n) is 13.0. The summed E-state index contributed by atoms with van der Waals surface area (Å²) in [5.74, 6) is -0.493. The summed E-state index contributed by atoms with van der Waals surface area (Å²) in [6.45, 7) is 8.35. The molecule has 12 heteroatoms. The molecule has 1 aromatic heterocycles. The van der Waals surface area contributed by atoms with Crippen molar-refractivity contribution in [2.75, 3.05) is 48.5 Å². The molecule has 2 aromatic carbocycles. The van der Waals surface area contributed by atoms with Crippen LogP contribution in [0.4, 0.5) is 30.2 Å². The second-order valence-corrected chi connectivity index (χ2v) is 10.3. The van der Waals surface area contributed by atoms with Gasteiger partial charge in [-0.1, -0.05) is 6.07 Å². The molecule has 0 spiro atoms. The minimum atomic E-state index is -4.55. The van der Waals surface area contributed by atoms with E-state index in [9.17, 15) is 18.0 Å². The van der Waals surface area contributed by atoms with E-state index in [1.54, 1.807) is 34.9 Å². The number of hydrazine groups is 2. The molecule has 1 fully saturated rings. The maximum atomic E-state index is 13.9. The maximum absolute atomic E-state index is 13.9. The first-order chi connectivity index (χ1) is 18.9. The van der Waals surface area contributed by atoms with Gasteiger partial charge in [0, 0.05) is 67.6 Å². The summed E-state index contributed by atoms with van der Waals surface area (Å²) < 4.78 is 43.3. The van der Waals surface area contributed by atoms with Crippen molar-refractivity contribution < 1.29 is 18.0 Å². The summed E-state index contributed by atoms with van der Waals surface area (Å²) in [5, 5.41) is 8.79. The van der Waals surface area contributed by atoms with Crippen LogP contribution >= 0.6 is 0 Å². The Labute approximate surface area is 231 Å². The molecule has 0 bridgehead atoms. The van der Waals surface area contributed by atoms with Gasteiger partial charge in [-0.05, 0) is 63.2 Å².